The minimum Gasteiger partial charge on any atom is -0.419 e. The van der Waals surface area contributed by atoms with Crippen LogP contribution in [0.5, 0.6) is 0 Å². The van der Waals surface area contributed by atoms with Gasteiger partial charge in [-0.3, -0.25) is 0 Å². The summed E-state index contributed by atoms with van der Waals surface area (Å²) in [5.74, 6) is 0. The second-order valence-electron chi connectivity index (χ2n) is 6.54. The van der Waals surface area contributed by atoms with E-state index in [1.165, 1.54) is 42.1 Å². The smallest absolute Gasteiger partial charge is 0 e. The predicted octanol–water partition coefficient (Wildman–Crippen LogP) is 6.08. The van der Waals surface area contributed by atoms with Crippen LogP contribution in [0, 0.1) is 12.8 Å². The van der Waals surface area contributed by atoms with E-state index in [-0.39, 0.29) is 33.3 Å². The first-order valence-electron chi connectivity index (χ1n) is 7.64. The van der Waals surface area contributed by atoms with Crippen molar-refractivity contribution in [3.05, 3.63) is 66.2 Å². The summed E-state index contributed by atoms with van der Waals surface area (Å²) in [6.45, 7) is 10.9. The Bertz CT molecular complexity index is 528. The summed E-state index contributed by atoms with van der Waals surface area (Å²) in [4.78, 5) is 10.2. The second-order valence-corrected chi connectivity index (χ2v) is 6.54. The van der Waals surface area contributed by atoms with E-state index in [4.69, 9.17) is 0 Å². The zero-order valence-electron chi connectivity index (χ0n) is 15.4. The van der Waals surface area contributed by atoms with Gasteiger partial charge < -0.3 is 12.2 Å². The Balaban J connectivity index is 0. The van der Waals surface area contributed by atoms with Crippen molar-refractivity contribution in [3.8, 4) is 0 Å². The molecular formula is C21H30ORe-2. The first kappa shape index (κ1) is 24.3. The Kier molecular flexibility index (Phi) is 12.2. The standard InChI is InChI=1S/C20H27O.CH3.Re/c1-16(8-6-9-17(2)13-15-21)11-12-19-18(3)10-7-14-20(19,4)5;;/h6,8-9,11-13H,7,10,14H2,1-5H3;1H3;/q2*-1;/b9-6+,12-11+,16-8-,17-13+;;. The van der Waals surface area contributed by atoms with Crippen molar-refractivity contribution in [2.24, 2.45) is 5.41 Å². The predicted molar refractivity (Wildman–Crippen MR) is 98.2 cm³/mol. The van der Waals surface area contributed by atoms with E-state index >= 15 is 0 Å². The molecule has 2 heteroatoms. The molecule has 1 radical (unpaired) electrons. The van der Waals surface area contributed by atoms with Crippen molar-refractivity contribution in [3.63, 3.8) is 0 Å². The Morgan fingerprint density at radius 3 is 2.39 bits per heavy atom. The van der Waals surface area contributed by atoms with E-state index in [1.807, 2.05) is 19.1 Å². The molecule has 23 heavy (non-hydrogen) atoms. The summed E-state index contributed by atoms with van der Waals surface area (Å²) >= 11 is 0. The monoisotopic (exact) mass is 485 g/mol. The van der Waals surface area contributed by atoms with Crippen LogP contribution in [0.2, 0.25) is 0 Å². The fourth-order valence-electron chi connectivity index (χ4n) is 2.77. The molecule has 1 nitrogen and oxygen atoms in total. The third-order valence-corrected chi connectivity index (χ3v) is 4.06. The molecule has 0 unspecified atom stereocenters. The Morgan fingerprint density at radius 1 is 1.17 bits per heavy atom. The van der Waals surface area contributed by atoms with Crippen molar-refractivity contribution >= 4 is 6.29 Å². The van der Waals surface area contributed by atoms with Gasteiger partial charge in [0.15, 0.2) is 0 Å². The molecular weight excluding hydrogens is 454 g/mol. The van der Waals surface area contributed by atoms with E-state index in [0.717, 1.165) is 5.57 Å². The van der Waals surface area contributed by atoms with Crippen LogP contribution < -0.4 is 0 Å². The minimum atomic E-state index is 0. The third kappa shape index (κ3) is 8.45. The molecule has 0 N–H and O–H groups in total. The van der Waals surface area contributed by atoms with Gasteiger partial charge in [0.25, 0.3) is 0 Å². The molecule has 0 aromatic carbocycles. The molecule has 0 aromatic rings. The zero-order chi connectivity index (χ0) is 15.9. The van der Waals surface area contributed by atoms with Crippen molar-refractivity contribution in [1.82, 2.24) is 0 Å². The summed E-state index contributed by atoms with van der Waals surface area (Å²) < 4.78 is 0. The van der Waals surface area contributed by atoms with Crippen molar-refractivity contribution in [2.75, 3.05) is 0 Å². The maximum absolute atomic E-state index is 10.2. The molecule has 0 fully saturated rings. The van der Waals surface area contributed by atoms with Crippen LogP contribution in [0.15, 0.2) is 58.7 Å². The molecule has 0 saturated carbocycles. The number of allylic oxidation sites excluding steroid dienone is 10. The molecule has 0 amide bonds. The molecule has 0 bridgehead atoms. The molecule has 1 aliphatic rings. The van der Waals surface area contributed by atoms with E-state index in [9.17, 15) is 4.79 Å². The first-order valence-corrected chi connectivity index (χ1v) is 7.64. The van der Waals surface area contributed by atoms with Crippen LogP contribution >= 0.6 is 0 Å². The third-order valence-electron chi connectivity index (χ3n) is 4.06. The maximum Gasteiger partial charge on any atom is 0 e. The summed E-state index contributed by atoms with van der Waals surface area (Å²) in [6.07, 6.45) is 17.4. The fraction of sp³-hybridized carbons (Fsp3) is 0.429. The maximum atomic E-state index is 10.2. The first-order chi connectivity index (χ1) is 9.86. The van der Waals surface area contributed by atoms with E-state index in [1.54, 1.807) is 6.29 Å². The van der Waals surface area contributed by atoms with Gasteiger partial charge in [-0.25, -0.2) is 0 Å². The van der Waals surface area contributed by atoms with Crippen LogP contribution in [0.25, 0.3) is 0 Å². The summed E-state index contributed by atoms with van der Waals surface area (Å²) in [5, 5.41) is 0. The van der Waals surface area contributed by atoms with E-state index < -0.39 is 0 Å². The van der Waals surface area contributed by atoms with Gasteiger partial charge in [0.05, 0.1) is 0 Å². The van der Waals surface area contributed by atoms with Gasteiger partial charge in [-0.15, -0.1) is 13.0 Å². The Morgan fingerprint density at radius 2 is 1.83 bits per heavy atom. The molecule has 0 spiro atoms. The van der Waals surface area contributed by atoms with Gasteiger partial charge in [0.2, 0.25) is 0 Å². The van der Waals surface area contributed by atoms with E-state index in [0.29, 0.717) is 0 Å². The van der Waals surface area contributed by atoms with Crippen molar-refractivity contribution < 1.29 is 25.2 Å². The van der Waals surface area contributed by atoms with Crippen LogP contribution in [-0.2, 0) is 25.2 Å². The molecule has 0 aromatic heterocycles. The molecule has 1 aliphatic carbocycles. The van der Waals surface area contributed by atoms with Gasteiger partial charge in [0, 0.05) is 20.4 Å². The van der Waals surface area contributed by atoms with Gasteiger partial charge in [-0.2, -0.15) is 11.6 Å². The molecule has 129 valence electrons. The van der Waals surface area contributed by atoms with Crippen LogP contribution in [0.3, 0.4) is 0 Å². The number of rotatable bonds is 5. The minimum absolute atomic E-state index is 0. The number of hydrogen-bond donors (Lipinski definition) is 0. The Hall–Kier alpha value is -0.968. The van der Waals surface area contributed by atoms with Crippen molar-refractivity contribution in [2.45, 2.75) is 53.9 Å². The topological polar surface area (TPSA) is 17.1 Å². The second kappa shape index (κ2) is 11.6. The average molecular weight is 485 g/mol. The molecule has 0 atom stereocenters. The van der Waals surface area contributed by atoms with Crippen LogP contribution in [-0.4, -0.2) is 6.29 Å². The average Bonchev–Trinajstić information content (AvgIpc) is 2.37. The van der Waals surface area contributed by atoms with Gasteiger partial charge in [0.1, 0.15) is 0 Å². The number of hydrogen-bond acceptors (Lipinski definition) is 1. The fourth-order valence-corrected chi connectivity index (χ4v) is 2.77. The van der Waals surface area contributed by atoms with Crippen molar-refractivity contribution in [1.29, 1.82) is 0 Å². The summed E-state index contributed by atoms with van der Waals surface area (Å²) in [6, 6.07) is 0. The molecule has 0 saturated heterocycles. The van der Waals surface area contributed by atoms with Gasteiger partial charge >= 0.3 is 0 Å². The van der Waals surface area contributed by atoms with Crippen LogP contribution in [0.4, 0.5) is 0 Å². The number of carbonyl (C=O) groups excluding carboxylic acids is 1. The molecule has 1 rings (SSSR count). The SMILES string of the molecule is CC1=C(/C=C/C(C)=C\C=C\C(C)=C\[C-]=O)C(C)(C)CCC1.[CH3-].[Re]. The largest absolute Gasteiger partial charge is 0.419 e. The summed E-state index contributed by atoms with van der Waals surface area (Å²) in [5.41, 5.74) is 5.40. The zero-order valence-corrected chi connectivity index (χ0v) is 18.1. The molecule has 0 heterocycles. The van der Waals surface area contributed by atoms with E-state index in [2.05, 4.69) is 45.9 Å². The van der Waals surface area contributed by atoms with Gasteiger partial charge in [-0.1, -0.05) is 49.3 Å². The quantitative estimate of drug-likeness (QED) is 0.263. The molecule has 0 aliphatic heterocycles. The van der Waals surface area contributed by atoms with Gasteiger partial charge in [-0.05, 0) is 50.4 Å². The normalized spacial score (nSPS) is 18.8. The summed E-state index contributed by atoms with van der Waals surface area (Å²) in [7, 11) is 0. The Labute approximate surface area is 157 Å². The van der Waals surface area contributed by atoms with Crippen LogP contribution in [0.1, 0.15) is 53.9 Å².